The van der Waals surface area contributed by atoms with Crippen LogP contribution in [0, 0.1) is 6.92 Å². The van der Waals surface area contributed by atoms with Crippen LogP contribution in [0.3, 0.4) is 0 Å². The minimum absolute atomic E-state index is 0.0538. The fraction of sp³-hybridized carbons (Fsp3) is 0.316. The van der Waals surface area contributed by atoms with Crippen LogP contribution in [0.15, 0.2) is 35.0 Å². The molecule has 0 aliphatic rings. The Morgan fingerprint density at radius 2 is 1.92 bits per heavy atom. The van der Waals surface area contributed by atoms with Gasteiger partial charge in [-0.3, -0.25) is 4.79 Å². The summed E-state index contributed by atoms with van der Waals surface area (Å²) >= 11 is 3.22. The lowest BCUT2D eigenvalue weighted by atomic mass is 10.2. The minimum Gasteiger partial charge on any atom is -0.497 e. The quantitative estimate of drug-likeness (QED) is 0.637. The van der Waals surface area contributed by atoms with Crippen LogP contribution in [0.4, 0.5) is 0 Å². The van der Waals surface area contributed by atoms with Gasteiger partial charge < -0.3 is 10.1 Å². The van der Waals surface area contributed by atoms with E-state index >= 15 is 0 Å². The molecule has 7 heteroatoms. The van der Waals surface area contributed by atoms with Gasteiger partial charge >= 0.3 is 0 Å². The third kappa shape index (κ3) is 5.12. The molecule has 0 bridgehead atoms. The third-order valence-corrected chi connectivity index (χ3v) is 5.60. The maximum Gasteiger partial charge on any atom is 0.220 e. The standard InChI is InChI=1S/C19H21N3O2S2/c1-13-21-15(11-25-13)9-10-20-18(23)7-8-19-22-17(12-26-19)14-3-5-16(24-2)6-4-14/h3-6,11-12H,7-10H2,1-2H3,(H,20,23). The van der Waals surface area contributed by atoms with E-state index in [1.807, 2.05) is 41.9 Å². The third-order valence-electron chi connectivity index (χ3n) is 3.87. The predicted molar refractivity (Wildman–Crippen MR) is 106 cm³/mol. The van der Waals surface area contributed by atoms with Gasteiger partial charge in [0.25, 0.3) is 0 Å². The van der Waals surface area contributed by atoms with Crippen LogP contribution in [0.2, 0.25) is 0 Å². The van der Waals surface area contributed by atoms with E-state index in [0.29, 0.717) is 19.4 Å². The summed E-state index contributed by atoms with van der Waals surface area (Å²) in [4.78, 5) is 21.0. The van der Waals surface area contributed by atoms with Gasteiger partial charge in [0.2, 0.25) is 5.91 Å². The van der Waals surface area contributed by atoms with Crippen molar-refractivity contribution in [1.82, 2.24) is 15.3 Å². The number of benzene rings is 1. The number of rotatable bonds is 8. The van der Waals surface area contributed by atoms with Gasteiger partial charge in [-0.2, -0.15) is 0 Å². The summed E-state index contributed by atoms with van der Waals surface area (Å²) in [6.07, 6.45) is 1.88. The Morgan fingerprint density at radius 1 is 1.12 bits per heavy atom. The number of ether oxygens (including phenoxy) is 1. The maximum absolute atomic E-state index is 12.0. The van der Waals surface area contributed by atoms with E-state index in [1.165, 1.54) is 0 Å². The van der Waals surface area contributed by atoms with Crippen molar-refractivity contribution in [1.29, 1.82) is 0 Å². The predicted octanol–water partition coefficient (Wildman–Crippen LogP) is 3.88. The number of methoxy groups -OCH3 is 1. The molecule has 5 nitrogen and oxygen atoms in total. The van der Waals surface area contributed by atoms with Gasteiger partial charge in [-0.05, 0) is 31.2 Å². The molecular weight excluding hydrogens is 366 g/mol. The van der Waals surface area contributed by atoms with Crippen molar-refractivity contribution in [3.63, 3.8) is 0 Å². The molecule has 0 unspecified atom stereocenters. The highest BCUT2D eigenvalue weighted by Gasteiger charge is 2.08. The Bertz CT molecular complexity index is 856. The molecule has 3 rings (SSSR count). The second-order valence-electron chi connectivity index (χ2n) is 5.81. The monoisotopic (exact) mass is 387 g/mol. The van der Waals surface area contributed by atoms with Crippen molar-refractivity contribution < 1.29 is 9.53 Å². The largest absolute Gasteiger partial charge is 0.497 e. The first-order valence-corrected chi connectivity index (χ1v) is 10.2. The van der Waals surface area contributed by atoms with Crippen LogP contribution < -0.4 is 10.1 Å². The number of amides is 1. The Labute approximate surface area is 161 Å². The zero-order valence-electron chi connectivity index (χ0n) is 14.8. The van der Waals surface area contributed by atoms with Crippen molar-refractivity contribution in [2.24, 2.45) is 0 Å². The molecule has 0 saturated heterocycles. The molecule has 0 atom stereocenters. The van der Waals surface area contributed by atoms with Crippen molar-refractivity contribution in [2.75, 3.05) is 13.7 Å². The molecule has 3 aromatic rings. The number of carbonyl (C=O) groups excluding carboxylic acids is 1. The zero-order valence-corrected chi connectivity index (χ0v) is 16.5. The van der Waals surface area contributed by atoms with Gasteiger partial charge in [0.15, 0.2) is 0 Å². The first kappa shape index (κ1) is 18.5. The van der Waals surface area contributed by atoms with Crippen molar-refractivity contribution in [3.05, 3.63) is 50.7 Å². The molecule has 1 N–H and O–H groups in total. The minimum atomic E-state index is 0.0538. The van der Waals surface area contributed by atoms with Gasteiger partial charge in [-0.15, -0.1) is 22.7 Å². The van der Waals surface area contributed by atoms with Crippen LogP contribution in [0.5, 0.6) is 5.75 Å². The van der Waals surface area contributed by atoms with Crippen molar-refractivity contribution in [3.8, 4) is 17.0 Å². The molecule has 0 aliphatic carbocycles. The number of nitrogens with zero attached hydrogens (tertiary/aromatic N) is 2. The molecule has 1 aromatic carbocycles. The Morgan fingerprint density at radius 3 is 2.62 bits per heavy atom. The van der Waals surface area contributed by atoms with Gasteiger partial charge in [-0.25, -0.2) is 9.97 Å². The molecule has 1 amide bonds. The van der Waals surface area contributed by atoms with Gasteiger partial charge in [-0.1, -0.05) is 0 Å². The molecule has 0 saturated carbocycles. The number of aryl methyl sites for hydroxylation is 2. The highest BCUT2D eigenvalue weighted by Crippen LogP contribution is 2.24. The van der Waals surface area contributed by atoms with Crippen molar-refractivity contribution >= 4 is 28.6 Å². The molecule has 0 fully saturated rings. The summed E-state index contributed by atoms with van der Waals surface area (Å²) < 4.78 is 5.17. The van der Waals surface area contributed by atoms with Crippen LogP contribution in [0.25, 0.3) is 11.3 Å². The summed E-state index contributed by atoms with van der Waals surface area (Å²) in [5, 5.41) is 9.05. The Kier molecular flexibility index (Phi) is 6.35. The smallest absolute Gasteiger partial charge is 0.220 e. The molecule has 2 heterocycles. The lowest BCUT2D eigenvalue weighted by Gasteiger charge is -2.03. The number of hydrogen-bond acceptors (Lipinski definition) is 6. The van der Waals surface area contributed by atoms with Crippen LogP contribution >= 0.6 is 22.7 Å². The fourth-order valence-electron chi connectivity index (χ4n) is 2.48. The highest BCUT2D eigenvalue weighted by atomic mass is 32.1. The Hall–Kier alpha value is -2.25. The van der Waals surface area contributed by atoms with Gasteiger partial charge in [0, 0.05) is 42.1 Å². The second-order valence-corrected chi connectivity index (χ2v) is 7.82. The molecule has 0 radical (unpaired) electrons. The highest BCUT2D eigenvalue weighted by molar-refractivity contribution is 7.10. The molecule has 136 valence electrons. The number of aromatic nitrogens is 2. The summed E-state index contributed by atoms with van der Waals surface area (Å²) in [6.45, 7) is 2.61. The van der Waals surface area contributed by atoms with E-state index in [-0.39, 0.29) is 5.91 Å². The molecule has 2 aromatic heterocycles. The number of carbonyl (C=O) groups is 1. The van der Waals surface area contributed by atoms with Crippen molar-refractivity contribution in [2.45, 2.75) is 26.2 Å². The topological polar surface area (TPSA) is 64.1 Å². The van der Waals surface area contributed by atoms with E-state index in [1.54, 1.807) is 29.8 Å². The van der Waals surface area contributed by atoms with Gasteiger partial charge in [0.1, 0.15) is 5.75 Å². The molecule has 26 heavy (non-hydrogen) atoms. The lowest BCUT2D eigenvalue weighted by molar-refractivity contribution is -0.121. The SMILES string of the molecule is COc1ccc(-c2csc(CCC(=O)NCCc3csc(C)n3)n2)cc1. The fourth-order valence-corrected chi connectivity index (χ4v) is 3.94. The van der Waals surface area contributed by atoms with E-state index in [0.717, 1.165) is 39.1 Å². The summed E-state index contributed by atoms with van der Waals surface area (Å²) in [5.74, 6) is 0.881. The maximum atomic E-state index is 12.0. The average Bonchev–Trinajstić information content (AvgIpc) is 3.29. The summed E-state index contributed by atoms with van der Waals surface area (Å²) in [6, 6.07) is 7.83. The molecule has 0 spiro atoms. The lowest BCUT2D eigenvalue weighted by Crippen LogP contribution is -2.25. The first-order chi connectivity index (χ1) is 12.6. The van der Waals surface area contributed by atoms with Crippen LogP contribution in [0.1, 0.15) is 22.1 Å². The average molecular weight is 388 g/mol. The molecular formula is C19H21N3O2S2. The number of nitrogens with one attached hydrogen (secondary N) is 1. The van der Waals surface area contributed by atoms with E-state index in [9.17, 15) is 4.79 Å². The number of hydrogen-bond donors (Lipinski definition) is 1. The second kappa shape index (κ2) is 8.91. The first-order valence-electron chi connectivity index (χ1n) is 8.40. The van der Waals surface area contributed by atoms with Crippen LogP contribution in [-0.2, 0) is 17.6 Å². The van der Waals surface area contributed by atoms with E-state index < -0.39 is 0 Å². The van der Waals surface area contributed by atoms with Gasteiger partial charge in [0.05, 0.1) is 28.5 Å². The molecule has 0 aliphatic heterocycles. The van der Waals surface area contributed by atoms with Crippen LogP contribution in [-0.4, -0.2) is 29.5 Å². The Balaban J connectivity index is 1.44. The normalized spacial score (nSPS) is 10.7. The van der Waals surface area contributed by atoms with E-state index in [4.69, 9.17) is 4.74 Å². The summed E-state index contributed by atoms with van der Waals surface area (Å²) in [5.41, 5.74) is 3.03. The summed E-state index contributed by atoms with van der Waals surface area (Å²) in [7, 11) is 1.65. The van der Waals surface area contributed by atoms with E-state index in [2.05, 4.69) is 15.3 Å². The zero-order chi connectivity index (χ0) is 18.4. The number of thiazole rings is 2.